The number of hydrogen-bond donors (Lipinski definition) is 3. The van der Waals surface area contributed by atoms with Gasteiger partial charge in [-0.3, -0.25) is 15.1 Å². The van der Waals surface area contributed by atoms with E-state index in [0.717, 1.165) is 42.6 Å². The van der Waals surface area contributed by atoms with Crippen molar-refractivity contribution < 1.29 is 9.66 Å². The summed E-state index contributed by atoms with van der Waals surface area (Å²) < 4.78 is 5.48. The molecule has 9 heteroatoms. The van der Waals surface area contributed by atoms with Crippen LogP contribution in [0.1, 0.15) is 6.42 Å². The first kappa shape index (κ1) is 21.2. The molecule has 2 aromatic rings. The fraction of sp³-hybridized carbons (Fsp3) is 0.381. The molecule has 1 aliphatic rings. The Bertz CT molecular complexity index is 871. The van der Waals surface area contributed by atoms with Crippen LogP contribution in [0.2, 0.25) is 0 Å². The first-order chi connectivity index (χ1) is 14.6. The molecule has 30 heavy (non-hydrogen) atoms. The average Bonchev–Trinajstić information content (AvgIpc) is 3.24. The van der Waals surface area contributed by atoms with Crippen molar-refractivity contribution in [2.45, 2.75) is 12.5 Å². The normalized spacial score (nSPS) is 16.3. The molecule has 3 rings (SSSR count). The van der Waals surface area contributed by atoms with Gasteiger partial charge in [-0.25, -0.2) is 0 Å². The zero-order valence-electron chi connectivity index (χ0n) is 17.3. The number of nitrogens with zero attached hydrogens (tertiary/aromatic N) is 3. The Morgan fingerprint density at radius 2 is 2.00 bits per heavy atom. The van der Waals surface area contributed by atoms with Gasteiger partial charge in [0.1, 0.15) is 5.75 Å². The summed E-state index contributed by atoms with van der Waals surface area (Å²) in [7, 11) is 3.45. The molecular weight excluding hydrogens is 384 g/mol. The summed E-state index contributed by atoms with van der Waals surface area (Å²) >= 11 is 0. The third-order valence-electron chi connectivity index (χ3n) is 5.00. The van der Waals surface area contributed by atoms with E-state index >= 15 is 0 Å². The number of hydrogen-bond acceptors (Lipinski definition) is 6. The summed E-state index contributed by atoms with van der Waals surface area (Å²) in [5.74, 6) is 1.64. The number of benzene rings is 2. The minimum Gasteiger partial charge on any atom is -0.495 e. The Morgan fingerprint density at radius 3 is 2.70 bits per heavy atom. The van der Waals surface area contributed by atoms with Crippen LogP contribution in [0.4, 0.5) is 17.1 Å². The van der Waals surface area contributed by atoms with Gasteiger partial charge >= 0.3 is 0 Å². The number of methoxy groups -OCH3 is 1. The number of rotatable bonds is 8. The third kappa shape index (κ3) is 5.53. The van der Waals surface area contributed by atoms with Crippen LogP contribution in [0.25, 0.3) is 0 Å². The summed E-state index contributed by atoms with van der Waals surface area (Å²) in [6, 6.07) is 14.7. The molecule has 1 heterocycles. The van der Waals surface area contributed by atoms with Crippen molar-refractivity contribution in [3.63, 3.8) is 0 Å². The van der Waals surface area contributed by atoms with Crippen LogP contribution in [0.3, 0.4) is 0 Å². The van der Waals surface area contributed by atoms with Gasteiger partial charge in [-0.1, -0.05) is 12.1 Å². The summed E-state index contributed by atoms with van der Waals surface area (Å²) in [4.78, 5) is 16.9. The number of anilines is 2. The molecule has 0 amide bonds. The summed E-state index contributed by atoms with van der Waals surface area (Å²) in [5.41, 5.74) is 2.04. The topological polar surface area (TPSA) is 104 Å². The van der Waals surface area contributed by atoms with Gasteiger partial charge in [0.25, 0.3) is 5.69 Å². The van der Waals surface area contributed by atoms with Crippen LogP contribution in [0, 0.1) is 10.1 Å². The Balaban J connectivity index is 1.42. The first-order valence-electron chi connectivity index (χ1n) is 9.94. The van der Waals surface area contributed by atoms with Crippen molar-refractivity contribution in [2.24, 2.45) is 4.99 Å². The molecule has 0 saturated carbocycles. The van der Waals surface area contributed by atoms with Crippen molar-refractivity contribution in [1.29, 1.82) is 0 Å². The smallest absolute Gasteiger partial charge is 0.269 e. The Labute approximate surface area is 176 Å². The molecular formula is C21H28N6O3. The lowest BCUT2D eigenvalue weighted by Crippen LogP contribution is -2.45. The van der Waals surface area contributed by atoms with Gasteiger partial charge in [0.15, 0.2) is 5.96 Å². The van der Waals surface area contributed by atoms with Crippen molar-refractivity contribution in [3.8, 4) is 5.75 Å². The van der Waals surface area contributed by atoms with Crippen molar-refractivity contribution >= 4 is 23.0 Å². The number of ether oxygens (including phenoxy) is 1. The van der Waals surface area contributed by atoms with Crippen LogP contribution < -0.4 is 25.6 Å². The van der Waals surface area contributed by atoms with Crippen LogP contribution in [-0.4, -0.2) is 57.3 Å². The Hall–Kier alpha value is -3.49. The van der Waals surface area contributed by atoms with Gasteiger partial charge in [-0.2, -0.15) is 0 Å². The van der Waals surface area contributed by atoms with Crippen molar-refractivity contribution in [2.75, 3.05) is 50.6 Å². The summed E-state index contributed by atoms with van der Waals surface area (Å²) in [6.07, 6.45) is 1.01. The molecule has 1 unspecified atom stereocenters. The molecule has 1 aliphatic heterocycles. The Morgan fingerprint density at radius 1 is 1.23 bits per heavy atom. The number of nitro groups is 1. The van der Waals surface area contributed by atoms with Gasteiger partial charge in [-0.05, 0) is 30.7 Å². The highest BCUT2D eigenvalue weighted by molar-refractivity contribution is 5.80. The van der Waals surface area contributed by atoms with E-state index in [0.29, 0.717) is 19.1 Å². The number of nitro benzene ring substituents is 1. The first-order valence-corrected chi connectivity index (χ1v) is 9.94. The molecule has 1 fully saturated rings. The molecule has 3 N–H and O–H groups in total. The van der Waals surface area contributed by atoms with Gasteiger partial charge in [0, 0.05) is 57.1 Å². The van der Waals surface area contributed by atoms with Gasteiger partial charge in [0.05, 0.1) is 17.7 Å². The average molecular weight is 412 g/mol. The molecule has 0 radical (unpaired) electrons. The molecule has 0 aliphatic carbocycles. The second-order valence-corrected chi connectivity index (χ2v) is 6.98. The largest absolute Gasteiger partial charge is 0.495 e. The van der Waals surface area contributed by atoms with E-state index in [-0.39, 0.29) is 5.69 Å². The lowest BCUT2D eigenvalue weighted by molar-refractivity contribution is -0.384. The predicted molar refractivity (Wildman–Crippen MR) is 120 cm³/mol. The molecule has 160 valence electrons. The van der Waals surface area contributed by atoms with E-state index in [9.17, 15) is 10.1 Å². The fourth-order valence-corrected chi connectivity index (χ4v) is 3.46. The van der Waals surface area contributed by atoms with Gasteiger partial charge in [0.2, 0.25) is 0 Å². The van der Waals surface area contributed by atoms with E-state index in [2.05, 4.69) is 31.9 Å². The summed E-state index contributed by atoms with van der Waals surface area (Å²) in [6.45, 7) is 3.16. The molecule has 2 aromatic carbocycles. The van der Waals surface area contributed by atoms with Crippen molar-refractivity contribution in [1.82, 2.24) is 10.6 Å². The second kappa shape index (κ2) is 10.3. The molecule has 9 nitrogen and oxygen atoms in total. The molecule has 1 atom stereocenters. The maximum atomic E-state index is 10.7. The highest BCUT2D eigenvalue weighted by atomic mass is 16.6. The molecule has 1 saturated heterocycles. The maximum Gasteiger partial charge on any atom is 0.269 e. The number of para-hydroxylation sites is 2. The zero-order chi connectivity index (χ0) is 21.3. The van der Waals surface area contributed by atoms with Crippen LogP contribution in [-0.2, 0) is 0 Å². The molecule has 0 aromatic heterocycles. The van der Waals surface area contributed by atoms with E-state index < -0.39 is 4.92 Å². The third-order valence-corrected chi connectivity index (χ3v) is 5.00. The van der Waals surface area contributed by atoms with E-state index in [1.807, 2.05) is 18.2 Å². The highest BCUT2D eigenvalue weighted by Gasteiger charge is 2.25. The van der Waals surface area contributed by atoms with E-state index in [1.165, 1.54) is 12.1 Å². The quantitative estimate of drug-likeness (QED) is 0.201. The van der Waals surface area contributed by atoms with E-state index in [4.69, 9.17) is 4.74 Å². The predicted octanol–water partition coefficient (Wildman–Crippen LogP) is 2.46. The molecule has 0 spiro atoms. The van der Waals surface area contributed by atoms with Crippen LogP contribution >= 0.6 is 0 Å². The monoisotopic (exact) mass is 412 g/mol. The SMILES string of the molecule is CN=C(NCCNc1ccc([N+](=O)[O-])cc1)NC1CCN(c2ccccc2OC)C1. The second-order valence-electron chi connectivity index (χ2n) is 6.98. The van der Waals surface area contributed by atoms with Gasteiger partial charge in [-0.15, -0.1) is 0 Å². The zero-order valence-corrected chi connectivity index (χ0v) is 17.3. The number of guanidine groups is 1. The molecule has 0 bridgehead atoms. The van der Waals surface area contributed by atoms with Gasteiger partial charge < -0.3 is 25.6 Å². The van der Waals surface area contributed by atoms with Crippen LogP contribution in [0.15, 0.2) is 53.5 Å². The highest BCUT2D eigenvalue weighted by Crippen LogP contribution is 2.30. The number of non-ortho nitro benzene ring substituents is 1. The van der Waals surface area contributed by atoms with E-state index in [1.54, 1.807) is 26.3 Å². The Kier molecular flexibility index (Phi) is 7.31. The van der Waals surface area contributed by atoms with Crippen LogP contribution in [0.5, 0.6) is 5.75 Å². The lowest BCUT2D eigenvalue weighted by atomic mass is 10.2. The minimum atomic E-state index is -0.404. The number of nitrogens with one attached hydrogen (secondary N) is 3. The number of aliphatic imine (C=N–C) groups is 1. The maximum absolute atomic E-state index is 10.7. The van der Waals surface area contributed by atoms with Crippen molar-refractivity contribution in [3.05, 3.63) is 58.6 Å². The standard InChI is InChI=1S/C21H28N6O3/c1-22-21(24-13-12-23-16-7-9-18(10-8-16)27(28)29)25-17-11-14-26(15-17)19-5-3-4-6-20(19)30-2/h3-10,17,23H,11-15H2,1-2H3,(H2,22,24,25). The fourth-order valence-electron chi connectivity index (χ4n) is 3.46. The minimum absolute atomic E-state index is 0.0852. The summed E-state index contributed by atoms with van der Waals surface area (Å²) in [5, 5.41) is 20.7. The lowest BCUT2D eigenvalue weighted by Gasteiger charge is -2.22.